The predicted octanol–water partition coefficient (Wildman–Crippen LogP) is 3.29. The third kappa shape index (κ3) is 4.72. The van der Waals surface area contributed by atoms with Crippen LogP contribution in [-0.2, 0) is 4.74 Å². The molecule has 2 N–H and O–H groups in total. The molecule has 0 unspecified atom stereocenters. The fourth-order valence-corrected chi connectivity index (χ4v) is 1.92. The largest absolute Gasteiger partial charge is 0.385 e. The van der Waals surface area contributed by atoms with Crippen LogP contribution in [0.3, 0.4) is 0 Å². The van der Waals surface area contributed by atoms with Gasteiger partial charge in [-0.15, -0.1) is 0 Å². The zero-order valence-electron chi connectivity index (χ0n) is 12.8. The molecule has 5 nitrogen and oxygen atoms in total. The highest BCUT2D eigenvalue weighted by Gasteiger charge is 2.01. The first-order valence-electron chi connectivity index (χ1n) is 7.08. The van der Waals surface area contributed by atoms with Crippen molar-refractivity contribution in [2.45, 2.75) is 20.3 Å². The average Bonchev–Trinajstić information content (AvgIpc) is 2.48. The Morgan fingerprint density at radius 3 is 2.62 bits per heavy atom. The molecule has 0 aliphatic carbocycles. The maximum Gasteiger partial charge on any atom is 0.135 e. The second-order valence-electron chi connectivity index (χ2n) is 4.99. The van der Waals surface area contributed by atoms with Gasteiger partial charge in [-0.3, -0.25) is 0 Å². The molecule has 1 heterocycles. The molecule has 1 aromatic carbocycles. The van der Waals surface area contributed by atoms with E-state index in [9.17, 15) is 0 Å². The van der Waals surface area contributed by atoms with Crippen LogP contribution < -0.4 is 10.6 Å². The molecule has 0 aliphatic heterocycles. The van der Waals surface area contributed by atoms with Crippen LogP contribution in [0.25, 0.3) is 0 Å². The fraction of sp³-hybridized carbons (Fsp3) is 0.375. The SMILES string of the molecule is COCCCNc1cc(Nc2ccc(C)c(C)c2)ncn1. The molecule has 2 aromatic rings. The standard InChI is InChI=1S/C16H22N4O/c1-12-5-6-14(9-13(12)2)20-16-10-15(18-11-19-16)17-7-4-8-21-3/h5-6,9-11H,4,7-8H2,1-3H3,(H2,17,18,19,20). The summed E-state index contributed by atoms with van der Waals surface area (Å²) in [6.07, 6.45) is 2.50. The fourth-order valence-electron chi connectivity index (χ4n) is 1.92. The molecular formula is C16H22N4O. The number of anilines is 3. The molecule has 0 atom stereocenters. The first-order valence-corrected chi connectivity index (χ1v) is 7.08. The summed E-state index contributed by atoms with van der Waals surface area (Å²) in [5.74, 6) is 1.59. The van der Waals surface area contributed by atoms with Crippen LogP contribution >= 0.6 is 0 Å². The summed E-state index contributed by atoms with van der Waals surface area (Å²) in [4.78, 5) is 8.45. The molecule has 0 saturated carbocycles. The highest BCUT2D eigenvalue weighted by atomic mass is 16.5. The summed E-state index contributed by atoms with van der Waals surface area (Å²) in [5, 5.41) is 6.55. The maximum absolute atomic E-state index is 5.02. The number of hydrogen-bond donors (Lipinski definition) is 2. The third-order valence-corrected chi connectivity index (χ3v) is 3.28. The molecule has 0 bridgehead atoms. The van der Waals surface area contributed by atoms with Crippen LogP contribution in [-0.4, -0.2) is 30.2 Å². The van der Waals surface area contributed by atoms with E-state index in [1.807, 2.05) is 6.07 Å². The van der Waals surface area contributed by atoms with E-state index in [0.717, 1.165) is 36.9 Å². The smallest absolute Gasteiger partial charge is 0.135 e. The van der Waals surface area contributed by atoms with Gasteiger partial charge in [0, 0.05) is 32.0 Å². The topological polar surface area (TPSA) is 59.1 Å². The lowest BCUT2D eigenvalue weighted by Gasteiger charge is -2.10. The Bertz CT molecular complexity index is 586. The van der Waals surface area contributed by atoms with Crippen molar-refractivity contribution >= 4 is 17.3 Å². The van der Waals surface area contributed by atoms with E-state index >= 15 is 0 Å². The molecule has 0 radical (unpaired) electrons. The summed E-state index contributed by atoms with van der Waals surface area (Å²) in [5.41, 5.74) is 3.57. The average molecular weight is 286 g/mol. The van der Waals surface area contributed by atoms with Crippen molar-refractivity contribution in [1.82, 2.24) is 9.97 Å². The lowest BCUT2D eigenvalue weighted by Crippen LogP contribution is -2.06. The Kier molecular flexibility index (Phi) is 5.51. The highest BCUT2D eigenvalue weighted by Crippen LogP contribution is 2.19. The summed E-state index contributed by atoms with van der Waals surface area (Å²) in [7, 11) is 1.70. The number of rotatable bonds is 7. The van der Waals surface area contributed by atoms with E-state index in [0.29, 0.717) is 0 Å². The van der Waals surface area contributed by atoms with E-state index in [4.69, 9.17) is 4.74 Å². The Morgan fingerprint density at radius 2 is 1.86 bits per heavy atom. The van der Waals surface area contributed by atoms with Gasteiger partial charge in [-0.05, 0) is 43.5 Å². The molecule has 0 fully saturated rings. The Hall–Kier alpha value is -2.14. The van der Waals surface area contributed by atoms with Gasteiger partial charge in [-0.2, -0.15) is 0 Å². The number of nitrogens with one attached hydrogen (secondary N) is 2. The molecule has 2 rings (SSSR count). The van der Waals surface area contributed by atoms with Crippen LogP contribution in [0.5, 0.6) is 0 Å². The summed E-state index contributed by atoms with van der Waals surface area (Å²) >= 11 is 0. The Labute approximate surface area is 125 Å². The quantitative estimate of drug-likeness (QED) is 0.765. The number of aryl methyl sites for hydroxylation is 2. The van der Waals surface area contributed by atoms with Crippen LogP contribution in [0.15, 0.2) is 30.6 Å². The number of methoxy groups -OCH3 is 1. The second kappa shape index (κ2) is 7.59. The van der Waals surface area contributed by atoms with Gasteiger partial charge >= 0.3 is 0 Å². The predicted molar refractivity (Wildman–Crippen MR) is 86.2 cm³/mol. The molecule has 0 spiro atoms. The molecule has 112 valence electrons. The zero-order valence-corrected chi connectivity index (χ0v) is 12.8. The lowest BCUT2D eigenvalue weighted by atomic mass is 10.1. The van der Waals surface area contributed by atoms with E-state index in [1.54, 1.807) is 13.4 Å². The van der Waals surface area contributed by atoms with E-state index in [2.05, 4.69) is 52.6 Å². The minimum Gasteiger partial charge on any atom is -0.385 e. The molecular weight excluding hydrogens is 264 g/mol. The molecule has 21 heavy (non-hydrogen) atoms. The van der Waals surface area contributed by atoms with Gasteiger partial charge in [-0.1, -0.05) is 6.07 Å². The van der Waals surface area contributed by atoms with Gasteiger partial charge in [0.2, 0.25) is 0 Å². The molecule has 0 amide bonds. The van der Waals surface area contributed by atoms with Crippen molar-refractivity contribution in [3.05, 3.63) is 41.7 Å². The number of nitrogens with zero attached hydrogens (tertiary/aromatic N) is 2. The van der Waals surface area contributed by atoms with Crippen LogP contribution in [0.1, 0.15) is 17.5 Å². The highest BCUT2D eigenvalue weighted by molar-refractivity contribution is 5.60. The first kappa shape index (κ1) is 15.3. The van der Waals surface area contributed by atoms with Crippen LogP contribution in [0.2, 0.25) is 0 Å². The normalized spacial score (nSPS) is 10.4. The zero-order chi connectivity index (χ0) is 15.1. The first-order chi connectivity index (χ1) is 10.2. The number of hydrogen-bond acceptors (Lipinski definition) is 5. The summed E-state index contributed by atoms with van der Waals surface area (Å²) in [6.45, 7) is 5.77. The van der Waals surface area contributed by atoms with Gasteiger partial charge < -0.3 is 15.4 Å². The van der Waals surface area contributed by atoms with E-state index in [1.165, 1.54) is 11.1 Å². The van der Waals surface area contributed by atoms with Crippen LogP contribution in [0, 0.1) is 13.8 Å². The maximum atomic E-state index is 5.02. The molecule has 5 heteroatoms. The van der Waals surface area contributed by atoms with Gasteiger partial charge in [-0.25, -0.2) is 9.97 Å². The van der Waals surface area contributed by atoms with Gasteiger partial charge in [0.05, 0.1) is 0 Å². The monoisotopic (exact) mass is 286 g/mol. The Morgan fingerprint density at radius 1 is 1.05 bits per heavy atom. The number of ether oxygens (including phenoxy) is 1. The van der Waals surface area contributed by atoms with Gasteiger partial charge in [0.25, 0.3) is 0 Å². The summed E-state index contributed by atoms with van der Waals surface area (Å²) in [6, 6.07) is 8.17. The minimum absolute atomic E-state index is 0.742. The lowest BCUT2D eigenvalue weighted by molar-refractivity contribution is 0.198. The third-order valence-electron chi connectivity index (χ3n) is 3.28. The van der Waals surface area contributed by atoms with Crippen molar-refractivity contribution < 1.29 is 4.74 Å². The Balaban J connectivity index is 1.98. The van der Waals surface area contributed by atoms with Crippen molar-refractivity contribution in [1.29, 1.82) is 0 Å². The van der Waals surface area contributed by atoms with Crippen molar-refractivity contribution in [2.24, 2.45) is 0 Å². The van der Waals surface area contributed by atoms with E-state index < -0.39 is 0 Å². The van der Waals surface area contributed by atoms with Crippen LogP contribution in [0.4, 0.5) is 17.3 Å². The van der Waals surface area contributed by atoms with Gasteiger partial charge in [0.1, 0.15) is 18.0 Å². The van der Waals surface area contributed by atoms with Gasteiger partial charge in [0.15, 0.2) is 0 Å². The van der Waals surface area contributed by atoms with Crippen molar-refractivity contribution in [2.75, 3.05) is 30.9 Å². The second-order valence-corrected chi connectivity index (χ2v) is 4.99. The molecule has 0 saturated heterocycles. The number of benzene rings is 1. The molecule has 1 aromatic heterocycles. The minimum atomic E-state index is 0.742. The summed E-state index contributed by atoms with van der Waals surface area (Å²) < 4.78 is 5.02. The van der Waals surface area contributed by atoms with Crippen molar-refractivity contribution in [3.63, 3.8) is 0 Å². The van der Waals surface area contributed by atoms with Crippen molar-refractivity contribution in [3.8, 4) is 0 Å². The molecule has 0 aliphatic rings. The number of aromatic nitrogens is 2. The van der Waals surface area contributed by atoms with E-state index in [-0.39, 0.29) is 0 Å².